The molecule has 0 spiro atoms. The van der Waals surface area contributed by atoms with Crippen molar-refractivity contribution in [3.8, 4) is 11.1 Å². The van der Waals surface area contributed by atoms with Gasteiger partial charge in [-0.05, 0) is 66.2 Å². The zero-order valence-corrected chi connectivity index (χ0v) is 18.7. The summed E-state index contributed by atoms with van der Waals surface area (Å²) in [5.41, 5.74) is 3.68. The minimum absolute atomic E-state index is 0.176. The average molecular weight is 463 g/mol. The molecule has 0 saturated carbocycles. The van der Waals surface area contributed by atoms with E-state index in [4.69, 9.17) is 28.2 Å². The normalized spacial score (nSPS) is 10.7. The molecule has 0 radical (unpaired) electrons. The van der Waals surface area contributed by atoms with Crippen molar-refractivity contribution in [3.05, 3.63) is 99.4 Å². The summed E-state index contributed by atoms with van der Waals surface area (Å²) >= 11 is 11.2. The van der Waals surface area contributed by atoms with Crippen molar-refractivity contribution in [1.29, 1.82) is 0 Å². The molecule has 0 saturated heterocycles. The molecule has 3 aromatic carbocycles. The van der Waals surface area contributed by atoms with Crippen molar-refractivity contribution in [3.63, 3.8) is 0 Å². The van der Waals surface area contributed by atoms with E-state index in [-0.39, 0.29) is 17.4 Å². The number of hydrogen-bond acceptors (Lipinski definition) is 4. The highest BCUT2D eigenvalue weighted by Crippen LogP contribution is 2.26. The van der Waals surface area contributed by atoms with Crippen LogP contribution in [0.1, 0.15) is 11.1 Å². The average Bonchev–Trinajstić information content (AvgIpc) is 2.76. The molecule has 4 rings (SSSR count). The maximum atomic E-state index is 12.5. The van der Waals surface area contributed by atoms with Crippen molar-refractivity contribution in [1.82, 2.24) is 5.32 Å². The van der Waals surface area contributed by atoms with E-state index in [9.17, 15) is 9.59 Å². The van der Waals surface area contributed by atoms with Gasteiger partial charge in [-0.15, -0.1) is 0 Å². The molecule has 160 valence electrons. The van der Waals surface area contributed by atoms with Gasteiger partial charge in [0.15, 0.2) is 5.11 Å². The Kier molecular flexibility index (Phi) is 6.35. The van der Waals surface area contributed by atoms with Crippen LogP contribution in [0, 0.1) is 6.92 Å². The second-order valence-corrected chi connectivity index (χ2v) is 8.17. The minimum atomic E-state index is -0.419. The number of hydrogen-bond donors (Lipinski definition) is 2. The van der Waals surface area contributed by atoms with Gasteiger partial charge in [0.1, 0.15) is 5.58 Å². The molecule has 7 heteroatoms. The number of para-hydroxylation sites is 1. The number of carbonyl (C=O) groups excluding carboxylic acids is 1. The number of amides is 1. The largest absolute Gasteiger partial charge is 0.422 e. The second-order valence-electron chi connectivity index (χ2n) is 7.32. The molecule has 5 nitrogen and oxygen atoms in total. The van der Waals surface area contributed by atoms with Gasteiger partial charge in [0.2, 0.25) is 5.91 Å². The third kappa shape index (κ3) is 5.04. The summed E-state index contributed by atoms with van der Waals surface area (Å²) in [6.45, 7) is 1.91. The molecule has 0 aliphatic carbocycles. The van der Waals surface area contributed by atoms with Gasteiger partial charge < -0.3 is 15.1 Å². The zero-order valence-electron chi connectivity index (χ0n) is 17.1. The van der Waals surface area contributed by atoms with Crippen LogP contribution in [-0.2, 0) is 11.2 Å². The second kappa shape index (κ2) is 9.34. The first-order valence-electron chi connectivity index (χ1n) is 9.88. The molecule has 32 heavy (non-hydrogen) atoms. The van der Waals surface area contributed by atoms with Crippen LogP contribution >= 0.6 is 23.8 Å². The summed E-state index contributed by atoms with van der Waals surface area (Å²) in [5.74, 6) is -0.242. The van der Waals surface area contributed by atoms with E-state index in [2.05, 4.69) is 10.6 Å². The topological polar surface area (TPSA) is 71.3 Å². The molecule has 1 heterocycles. The van der Waals surface area contributed by atoms with Crippen molar-refractivity contribution >= 4 is 51.5 Å². The lowest BCUT2D eigenvalue weighted by Crippen LogP contribution is -2.35. The van der Waals surface area contributed by atoms with Gasteiger partial charge in [-0.3, -0.25) is 4.79 Å². The van der Waals surface area contributed by atoms with Crippen molar-refractivity contribution < 1.29 is 9.21 Å². The molecule has 0 bridgehead atoms. The van der Waals surface area contributed by atoms with E-state index >= 15 is 0 Å². The number of rotatable bonds is 4. The van der Waals surface area contributed by atoms with Crippen LogP contribution in [0.2, 0.25) is 5.02 Å². The van der Waals surface area contributed by atoms with E-state index in [1.807, 2.05) is 49.4 Å². The van der Waals surface area contributed by atoms with Gasteiger partial charge in [-0.1, -0.05) is 54.1 Å². The Balaban J connectivity index is 1.51. The van der Waals surface area contributed by atoms with Crippen LogP contribution in [0.5, 0.6) is 0 Å². The lowest BCUT2D eigenvalue weighted by Gasteiger charge is -2.13. The highest BCUT2D eigenvalue weighted by atomic mass is 35.5. The lowest BCUT2D eigenvalue weighted by atomic mass is 10.0. The molecule has 0 unspecified atom stereocenters. The highest BCUT2D eigenvalue weighted by Gasteiger charge is 2.12. The fourth-order valence-electron chi connectivity index (χ4n) is 3.30. The third-order valence-electron chi connectivity index (χ3n) is 4.97. The molecular formula is C25H19ClN2O3S. The van der Waals surface area contributed by atoms with Gasteiger partial charge in [-0.2, -0.15) is 0 Å². The number of anilines is 1. The van der Waals surface area contributed by atoms with Crippen molar-refractivity contribution in [2.45, 2.75) is 13.3 Å². The Hall–Kier alpha value is -3.48. The molecule has 0 aliphatic rings. The molecule has 1 aromatic heterocycles. The standard InChI is InChI=1S/C25H19ClN2O3S/c1-15-6-9-17(20-13-18-4-2-3-5-22(18)31-24(20)30)14-21(15)27-25(32)28-23(29)12-16-7-10-19(26)11-8-16/h2-11,13-14H,12H2,1H3,(H2,27,28,29,32). The Bertz CT molecular complexity index is 1380. The van der Waals surface area contributed by atoms with Gasteiger partial charge >= 0.3 is 5.63 Å². The van der Waals surface area contributed by atoms with Gasteiger partial charge in [0, 0.05) is 16.1 Å². The van der Waals surface area contributed by atoms with Gasteiger partial charge in [0.25, 0.3) is 0 Å². The predicted molar refractivity (Wildman–Crippen MR) is 132 cm³/mol. The number of fused-ring (bicyclic) bond motifs is 1. The van der Waals surface area contributed by atoms with Crippen LogP contribution in [0.3, 0.4) is 0 Å². The fraction of sp³-hybridized carbons (Fsp3) is 0.0800. The van der Waals surface area contributed by atoms with Crippen molar-refractivity contribution in [2.75, 3.05) is 5.32 Å². The van der Waals surface area contributed by atoms with E-state index in [1.54, 1.807) is 30.3 Å². The molecule has 0 aliphatic heterocycles. The summed E-state index contributed by atoms with van der Waals surface area (Å²) in [6, 6.07) is 21.8. The first-order valence-corrected chi connectivity index (χ1v) is 10.7. The lowest BCUT2D eigenvalue weighted by molar-refractivity contribution is -0.119. The predicted octanol–water partition coefficient (Wildman–Crippen LogP) is 5.48. The van der Waals surface area contributed by atoms with Crippen molar-refractivity contribution in [2.24, 2.45) is 0 Å². The maximum Gasteiger partial charge on any atom is 0.344 e. The first kappa shape index (κ1) is 21.7. The molecule has 0 fully saturated rings. The summed E-state index contributed by atoms with van der Waals surface area (Å²) in [7, 11) is 0. The molecular weight excluding hydrogens is 444 g/mol. The fourth-order valence-corrected chi connectivity index (χ4v) is 3.65. The number of nitrogens with one attached hydrogen (secondary N) is 2. The SMILES string of the molecule is Cc1ccc(-c2cc3ccccc3oc2=O)cc1NC(=S)NC(=O)Cc1ccc(Cl)cc1. The Morgan fingerprint density at radius 3 is 2.56 bits per heavy atom. The van der Waals surface area contributed by atoms with Crippen LogP contribution in [0.25, 0.3) is 22.1 Å². The van der Waals surface area contributed by atoms with Crippen LogP contribution < -0.4 is 16.3 Å². The van der Waals surface area contributed by atoms with Gasteiger partial charge in [0.05, 0.1) is 12.0 Å². The number of thiocarbonyl (C=S) groups is 1. The molecule has 2 N–H and O–H groups in total. The summed E-state index contributed by atoms with van der Waals surface area (Å²) in [6.07, 6.45) is 0.177. The molecule has 4 aromatic rings. The van der Waals surface area contributed by atoms with E-state index in [1.165, 1.54) is 0 Å². The smallest absolute Gasteiger partial charge is 0.344 e. The zero-order chi connectivity index (χ0) is 22.7. The minimum Gasteiger partial charge on any atom is -0.422 e. The third-order valence-corrected chi connectivity index (χ3v) is 5.43. The quantitative estimate of drug-likeness (QED) is 0.310. The molecule has 0 atom stereocenters. The number of aryl methyl sites for hydroxylation is 1. The number of carbonyl (C=O) groups is 1. The Morgan fingerprint density at radius 2 is 1.78 bits per heavy atom. The number of benzene rings is 3. The van der Waals surface area contributed by atoms with Crippen LogP contribution in [-0.4, -0.2) is 11.0 Å². The summed E-state index contributed by atoms with van der Waals surface area (Å²) < 4.78 is 5.45. The van der Waals surface area contributed by atoms with Crippen LogP contribution in [0.4, 0.5) is 5.69 Å². The monoisotopic (exact) mass is 462 g/mol. The van der Waals surface area contributed by atoms with E-state index in [0.29, 0.717) is 27.4 Å². The highest BCUT2D eigenvalue weighted by molar-refractivity contribution is 7.80. The van der Waals surface area contributed by atoms with E-state index in [0.717, 1.165) is 16.5 Å². The molecule has 1 amide bonds. The summed E-state index contributed by atoms with van der Waals surface area (Å²) in [5, 5.41) is 7.35. The Morgan fingerprint density at radius 1 is 1.03 bits per heavy atom. The number of halogens is 1. The van der Waals surface area contributed by atoms with Gasteiger partial charge in [-0.25, -0.2) is 4.79 Å². The van der Waals surface area contributed by atoms with Crippen LogP contribution in [0.15, 0.2) is 82.0 Å². The summed E-state index contributed by atoms with van der Waals surface area (Å²) in [4.78, 5) is 24.8. The Labute approximate surface area is 195 Å². The maximum absolute atomic E-state index is 12.5. The van der Waals surface area contributed by atoms with E-state index < -0.39 is 5.63 Å². The first-order chi connectivity index (χ1) is 15.4.